The quantitative estimate of drug-likeness (QED) is 0.138. The molecule has 0 aliphatic rings. The van der Waals surface area contributed by atoms with E-state index in [0.717, 1.165) is 4.47 Å². The number of hydrogen-bond acceptors (Lipinski definition) is 6. The van der Waals surface area contributed by atoms with E-state index in [1.807, 2.05) is 24.3 Å². The number of nitrogens with zero attached hydrogens (tertiary/aromatic N) is 1. The smallest absolute Gasteiger partial charge is 0.336 e. The monoisotopic (exact) mass is 524 g/mol. The van der Waals surface area contributed by atoms with Crippen LogP contribution in [-0.4, -0.2) is 24.7 Å². The molecule has 8 heteroatoms. The second-order valence-corrected chi connectivity index (χ2v) is 9.22. The van der Waals surface area contributed by atoms with Gasteiger partial charge < -0.3 is 13.9 Å². The number of amides is 1. The number of rotatable bonds is 8. The molecule has 1 N–H and O–H groups in total. The number of hydrogen-bond donors (Lipinski definition) is 1. The Kier molecular flexibility index (Phi) is 8.43. The Morgan fingerprint density at radius 1 is 1.12 bits per heavy atom. The van der Waals surface area contributed by atoms with Gasteiger partial charge in [0.25, 0.3) is 5.91 Å². The normalized spacial score (nSPS) is 11.6. The predicted octanol–water partition coefficient (Wildman–Crippen LogP) is 5.49. The van der Waals surface area contributed by atoms with Gasteiger partial charge in [0, 0.05) is 16.1 Å². The summed E-state index contributed by atoms with van der Waals surface area (Å²) in [5, 5.41) is 3.95. The van der Waals surface area contributed by atoms with E-state index in [1.54, 1.807) is 30.3 Å². The molecule has 0 spiro atoms. The molecule has 0 radical (unpaired) electrons. The number of halogens is 1. The first-order chi connectivity index (χ1) is 16.2. The largest absolute Gasteiger partial charge is 0.484 e. The zero-order chi connectivity index (χ0) is 24.6. The van der Waals surface area contributed by atoms with E-state index in [4.69, 9.17) is 13.9 Å². The molecule has 0 aliphatic carbocycles. The van der Waals surface area contributed by atoms with Gasteiger partial charge in [-0.05, 0) is 59.5 Å². The summed E-state index contributed by atoms with van der Waals surface area (Å²) in [7, 11) is 0. The fourth-order valence-electron chi connectivity index (χ4n) is 2.80. The van der Waals surface area contributed by atoms with Crippen LogP contribution < -0.4 is 14.9 Å². The van der Waals surface area contributed by atoms with Crippen LogP contribution in [0.2, 0.25) is 0 Å². The first-order valence-electron chi connectivity index (χ1n) is 10.5. The Balaban J connectivity index is 1.54. The van der Waals surface area contributed by atoms with Crippen molar-refractivity contribution in [2.24, 2.45) is 5.10 Å². The summed E-state index contributed by atoms with van der Waals surface area (Å²) in [5.41, 5.74) is 4.12. The van der Waals surface area contributed by atoms with Crippen LogP contribution in [0, 0.1) is 0 Å². The molecule has 2 aromatic carbocycles. The summed E-state index contributed by atoms with van der Waals surface area (Å²) in [5.74, 6) is 0.403. The third kappa shape index (κ3) is 7.74. The Morgan fingerprint density at radius 3 is 2.56 bits per heavy atom. The van der Waals surface area contributed by atoms with E-state index in [9.17, 15) is 9.59 Å². The van der Waals surface area contributed by atoms with Crippen LogP contribution in [0.5, 0.6) is 11.5 Å². The fraction of sp³-hybridized carbons (Fsp3) is 0.192. The van der Waals surface area contributed by atoms with Gasteiger partial charge in [0.2, 0.25) is 0 Å². The second kappa shape index (κ2) is 11.5. The molecule has 34 heavy (non-hydrogen) atoms. The number of benzene rings is 2. The molecule has 176 valence electrons. The van der Waals surface area contributed by atoms with Crippen LogP contribution in [0.1, 0.15) is 37.7 Å². The number of nitrogens with one attached hydrogen (secondary N) is 1. The average Bonchev–Trinajstić information content (AvgIpc) is 3.31. The van der Waals surface area contributed by atoms with Gasteiger partial charge in [-0.25, -0.2) is 10.2 Å². The topological polar surface area (TPSA) is 90.1 Å². The lowest BCUT2D eigenvalue weighted by Gasteiger charge is -2.19. The van der Waals surface area contributed by atoms with Gasteiger partial charge >= 0.3 is 5.97 Å². The van der Waals surface area contributed by atoms with Crippen LogP contribution in [0.25, 0.3) is 6.08 Å². The van der Waals surface area contributed by atoms with E-state index < -0.39 is 11.9 Å². The number of hydrazone groups is 1. The molecule has 0 saturated heterocycles. The van der Waals surface area contributed by atoms with E-state index in [1.165, 1.54) is 30.2 Å². The number of carbonyl (C=O) groups is 2. The predicted molar refractivity (Wildman–Crippen MR) is 134 cm³/mol. The number of ether oxygens (including phenoxy) is 2. The highest BCUT2D eigenvalue weighted by Gasteiger charge is 2.13. The van der Waals surface area contributed by atoms with Crippen LogP contribution in [0.4, 0.5) is 0 Å². The summed E-state index contributed by atoms with van der Waals surface area (Å²) in [6, 6.07) is 16.1. The molecule has 0 unspecified atom stereocenters. The van der Waals surface area contributed by atoms with E-state index in [0.29, 0.717) is 17.1 Å². The average molecular weight is 525 g/mol. The van der Waals surface area contributed by atoms with Gasteiger partial charge in [0.05, 0.1) is 12.5 Å². The van der Waals surface area contributed by atoms with Crippen molar-refractivity contribution in [3.8, 4) is 11.5 Å². The van der Waals surface area contributed by atoms with Gasteiger partial charge in [-0.3, -0.25) is 4.79 Å². The Morgan fingerprint density at radius 2 is 1.88 bits per heavy atom. The van der Waals surface area contributed by atoms with Gasteiger partial charge in [-0.15, -0.1) is 0 Å². The van der Waals surface area contributed by atoms with Crippen molar-refractivity contribution in [2.75, 3.05) is 6.61 Å². The maximum absolute atomic E-state index is 12.1. The van der Waals surface area contributed by atoms with Crippen molar-refractivity contribution < 1.29 is 23.5 Å². The van der Waals surface area contributed by atoms with E-state index in [-0.39, 0.29) is 17.8 Å². The van der Waals surface area contributed by atoms with Crippen LogP contribution >= 0.6 is 15.9 Å². The highest BCUT2D eigenvalue weighted by molar-refractivity contribution is 9.10. The SMILES string of the molecule is CC(C)(C)c1ccc(OCC(=O)NN=Cc2cc(Br)ccc2OC(=O)C=Cc2ccco2)cc1. The molecule has 3 aromatic rings. The van der Waals surface area contributed by atoms with Crippen molar-refractivity contribution in [1.82, 2.24) is 5.43 Å². The van der Waals surface area contributed by atoms with Crippen LogP contribution in [-0.2, 0) is 15.0 Å². The molecule has 0 atom stereocenters. The summed E-state index contributed by atoms with van der Waals surface area (Å²) in [4.78, 5) is 24.2. The molecule has 7 nitrogen and oxygen atoms in total. The Bertz CT molecular complexity index is 1180. The number of carbonyl (C=O) groups excluding carboxylic acids is 2. The minimum Gasteiger partial charge on any atom is -0.484 e. The van der Waals surface area contributed by atoms with Gasteiger partial charge in [0.15, 0.2) is 6.61 Å². The van der Waals surface area contributed by atoms with Crippen molar-refractivity contribution in [3.63, 3.8) is 0 Å². The van der Waals surface area contributed by atoms with Crippen molar-refractivity contribution >= 4 is 40.1 Å². The molecule has 1 heterocycles. The molecule has 1 amide bonds. The summed E-state index contributed by atoms with van der Waals surface area (Å²) >= 11 is 3.37. The molecular formula is C26H25BrN2O5. The second-order valence-electron chi connectivity index (χ2n) is 8.31. The van der Waals surface area contributed by atoms with E-state index in [2.05, 4.69) is 47.2 Å². The standard InChI is InChI=1S/C26H25BrN2O5/c1-26(2,3)19-6-9-22(10-7-19)33-17-24(30)29-28-16-18-15-20(27)8-12-23(18)34-25(31)13-11-21-5-4-14-32-21/h4-16H,17H2,1-3H3,(H,29,30). The summed E-state index contributed by atoms with van der Waals surface area (Å²) in [6.45, 7) is 6.20. The third-order valence-corrected chi connectivity index (χ3v) is 5.09. The van der Waals surface area contributed by atoms with Gasteiger partial charge in [-0.2, -0.15) is 5.10 Å². The molecule has 0 saturated carbocycles. The fourth-order valence-corrected chi connectivity index (χ4v) is 3.18. The van der Waals surface area contributed by atoms with Crippen LogP contribution in [0.15, 0.2) is 80.9 Å². The number of esters is 1. The van der Waals surface area contributed by atoms with Gasteiger partial charge in [0.1, 0.15) is 17.3 Å². The van der Waals surface area contributed by atoms with Crippen molar-refractivity contribution in [2.45, 2.75) is 26.2 Å². The molecular weight excluding hydrogens is 500 g/mol. The lowest BCUT2D eigenvalue weighted by atomic mass is 9.87. The third-order valence-electron chi connectivity index (χ3n) is 4.59. The van der Waals surface area contributed by atoms with E-state index >= 15 is 0 Å². The van der Waals surface area contributed by atoms with Crippen LogP contribution in [0.3, 0.4) is 0 Å². The lowest BCUT2D eigenvalue weighted by molar-refractivity contribution is -0.129. The molecule has 0 bridgehead atoms. The Hall–Kier alpha value is -3.65. The maximum Gasteiger partial charge on any atom is 0.336 e. The highest BCUT2D eigenvalue weighted by atomic mass is 79.9. The first kappa shape index (κ1) is 25.0. The number of furan rings is 1. The van der Waals surface area contributed by atoms with Crippen molar-refractivity contribution in [1.29, 1.82) is 0 Å². The zero-order valence-electron chi connectivity index (χ0n) is 19.1. The molecule has 0 fully saturated rings. The highest BCUT2D eigenvalue weighted by Crippen LogP contribution is 2.24. The molecule has 0 aliphatic heterocycles. The minimum atomic E-state index is -0.580. The maximum atomic E-state index is 12.1. The summed E-state index contributed by atoms with van der Waals surface area (Å²) in [6.07, 6.45) is 5.66. The first-order valence-corrected chi connectivity index (χ1v) is 11.3. The van der Waals surface area contributed by atoms with Crippen molar-refractivity contribution in [3.05, 3.63) is 88.3 Å². The zero-order valence-corrected chi connectivity index (χ0v) is 20.7. The minimum absolute atomic E-state index is 0.0416. The Labute approximate surface area is 206 Å². The molecule has 1 aromatic heterocycles. The summed E-state index contributed by atoms with van der Waals surface area (Å²) < 4.78 is 16.8. The lowest BCUT2D eigenvalue weighted by Crippen LogP contribution is -2.24. The van der Waals surface area contributed by atoms with Gasteiger partial charge in [-0.1, -0.05) is 48.8 Å². The molecule has 3 rings (SSSR count).